The highest BCUT2D eigenvalue weighted by molar-refractivity contribution is 7.09. The molecule has 0 unspecified atom stereocenters. The summed E-state index contributed by atoms with van der Waals surface area (Å²) in [5.41, 5.74) is 11.1. The van der Waals surface area contributed by atoms with Crippen molar-refractivity contribution in [2.24, 2.45) is 5.73 Å². The molecule has 0 aliphatic heterocycles. The molecule has 1 heterocycles. The largest absolute Gasteiger partial charge is 0.497 e. The zero-order valence-corrected chi connectivity index (χ0v) is 21.2. The van der Waals surface area contributed by atoms with Crippen molar-refractivity contribution >= 4 is 40.6 Å². The fourth-order valence-electron chi connectivity index (χ4n) is 3.42. The topological polar surface area (TPSA) is 141 Å². The van der Waals surface area contributed by atoms with Crippen LogP contribution in [0.25, 0.3) is 0 Å². The number of carbonyl (C=O) groups excluding carboxylic acids is 3. The standard InChI is InChI=1S/C25H28FN5O4S/c1-5-25(2,3)29-23(33)20(14-6-8-15(26)9-7-14)31(16-10-12-17(35-4)13-11-16)24(34)21-18(27)19(22(28)32)30-36-21/h6-13,20H,5,27H2,1-4H3,(H2,28,32)(H,29,33)/t20-/m1/s1. The van der Waals surface area contributed by atoms with Gasteiger partial charge in [0.1, 0.15) is 22.5 Å². The van der Waals surface area contributed by atoms with Gasteiger partial charge >= 0.3 is 0 Å². The number of amides is 3. The first-order chi connectivity index (χ1) is 17.0. The van der Waals surface area contributed by atoms with Gasteiger partial charge in [0.05, 0.1) is 12.8 Å². The molecule has 0 saturated carbocycles. The van der Waals surface area contributed by atoms with Gasteiger partial charge in [0.15, 0.2) is 5.69 Å². The molecule has 9 nitrogen and oxygen atoms in total. The number of nitrogens with two attached hydrogens (primary N) is 2. The van der Waals surface area contributed by atoms with Gasteiger partial charge in [-0.15, -0.1) is 0 Å². The van der Waals surface area contributed by atoms with Crippen molar-refractivity contribution in [1.82, 2.24) is 9.69 Å². The monoisotopic (exact) mass is 513 g/mol. The molecular formula is C25H28FN5O4S. The molecule has 5 N–H and O–H groups in total. The molecule has 0 bridgehead atoms. The minimum atomic E-state index is -1.21. The number of benzene rings is 2. The Labute approximate surface area is 212 Å². The van der Waals surface area contributed by atoms with Crippen molar-refractivity contribution in [1.29, 1.82) is 0 Å². The molecule has 2 aromatic carbocycles. The van der Waals surface area contributed by atoms with Gasteiger partial charge in [0, 0.05) is 11.2 Å². The zero-order valence-electron chi connectivity index (χ0n) is 20.4. The summed E-state index contributed by atoms with van der Waals surface area (Å²) in [4.78, 5) is 40.6. The molecule has 3 amide bonds. The van der Waals surface area contributed by atoms with Gasteiger partial charge in [-0.25, -0.2) is 4.39 Å². The number of primary amides is 1. The smallest absolute Gasteiger partial charge is 0.273 e. The zero-order chi connectivity index (χ0) is 26.6. The first-order valence-corrected chi connectivity index (χ1v) is 11.9. The Kier molecular flexibility index (Phi) is 7.93. The molecule has 1 atom stereocenters. The summed E-state index contributed by atoms with van der Waals surface area (Å²) < 4.78 is 22.9. The van der Waals surface area contributed by atoms with Crippen LogP contribution in [0.15, 0.2) is 48.5 Å². The summed E-state index contributed by atoms with van der Waals surface area (Å²) in [6.07, 6.45) is 0.620. The second-order valence-corrected chi connectivity index (χ2v) is 9.47. The molecule has 0 saturated heterocycles. The van der Waals surface area contributed by atoms with E-state index in [-0.39, 0.29) is 16.3 Å². The van der Waals surface area contributed by atoms with E-state index in [1.54, 1.807) is 24.3 Å². The Morgan fingerprint density at radius 2 is 1.75 bits per heavy atom. The minimum Gasteiger partial charge on any atom is -0.497 e. The van der Waals surface area contributed by atoms with Crippen molar-refractivity contribution in [2.75, 3.05) is 17.7 Å². The predicted molar refractivity (Wildman–Crippen MR) is 137 cm³/mol. The lowest BCUT2D eigenvalue weighted by Gasteiger charge is -2.34. The third-order valence-electron chi connectivity index (χ3n) is 5.76. The van der Waals surface area contributed by atoms with E-state index < -0.39 is 35.1 Å². The predicted octanol–water partition coefficient (Wildman–Crippen LogP) is 3.66. The molecule has 3 aromatic rings. The molecule has 0 spiro atoms. The second-order valence-electron chi connectivity index (χ2n) is 8.69. The molecule has 0 fully saturated rings. The van der Waals surface area contributed by atoms with E-state index in [4.69, 9.17) is 16.2 Å². The maximum atomic E-state index is 14.0. The second kappa shape index (κ2) is 10.7. The van der Waals surface area contributed by atoms with Gasteiger partial charge in [-0.3, -0.25) is 19.3 Å². The third kappa shape index (κ3) is 5.62. The maximum absolute atomic E-state index is 14.0. The molecule has 11 heteroatoms. The molecule has 0 radical (unpaired) electrons. The number of hydrogen-bond donors (Lipinski definition) is 3. The summed E-state index contributed by atoms with van der Waals surface area (Å²) in [5.74, 6) is -2.00. The van der Waals surface area contributed by atoms with Crippen LogP contribution in [0.3, 0.4) is 0 Å². The van der Waals surface area contributed by atoms with Crippen LogP contribution < -0.4 is 26.4 Å². The first-order valence-electron chi connectivity index (χ1n) is 11.1. The van der Waals surface area contributed by atoms with Gasteiger partial charge in [0.25, 0.3) is 11.8 Å². The summed E-state index contributed by atoms with van der Waals surface area (Å²) in [7, 11) is 1.50. The fourth-order valence-corrected chi connectivity index (χ4v) is 4.16. The Balaban J connectivity index is 2.22. The Morgan fingerprint density at radius 3 is 2.25 bits per heavy atom. The molecule has 1 aromatic heterocycles. The van der Waals surface area contributed by atoms with Crippen molar-refractivity contribution in [3.05, 3.63) is 70.5 Å². The molecule has 0 aliphatic carbocycles. The lowest BCUT2D eigenvalue weighted by atomic mass is 9.98. The van der Waals surface area contributed by atoms with Crippen LogP contribution in [0.5, 0.6) is 5.75 Å². The summed E-state index contributed by atoms with van der Waals surface area (Å²) in [6, 6.07) is 10.6. The van der Waals surface area contributed by atoms with Crippen molar-refractivity contribution in [3.63, 3.8) is 0 Å². The third-order valence-corrected chi connectivity index (χ3v) is 6.61. The highest BCUT2D eigenvalue weighted by Gasteiger charge is 2.37. The molecule has 3 rings (SSSR count). The molecule has 0 aliphatic rings. The highest BCUT2D eigenvalue weighted by Crippen LogP contribution is 2.34. The van der Waals surface area contributed by atoms with Crippen LogP contribution in [0.4, 0.5) is 15.8 Å². The van der Waals surface area contributed by atoms with Crippen molar-refractivity contribution in [3.8, 4) is 5.75 Å². The van der Waals surface area contributed by atoms with Crippen molar-refractivity contribution in [2.45, 2.75) is 38.8 Å². The molecular weight excluding hydrogens is 485 g/mol. The number of halogens is 1. The Morgan fingerprint density at radius 1 is 1.14 bits per heavy atom. The Bertz CT molecular complexity index is 1260. The fraction of sp³-hybridized carbons (Fsp3) is 0.280. The number of methoxy groups -OCH3 is 1. The van der Waals surface area contributed by atoms with E-state index in [2.05, 4.69) is 9.69 Å². The van der Waals surface area contributed by atoms with Gasteiger partial charge in [-0.1, -0.05) is 19.1 Å². The SMILES string of the molecule is CCC(C)(C)NC(=O)[C@@H](c1ccc(F)cc1)N(C(=O)c1snc(C(N)=O)c1N)c1ccc(OC)cc1. The van der Waals surface area contributed by atoms with Crippen LogP contribution >= 0.6 is 11.5 Å². The molecule has 190 valence electrons. The Hall–Kier alpha value is -3.99. The van der Waals surface area contributed by atoms with Crippen LogP contribution in [0.1, 0.15) is 59.0 Å². The first kappa shape index (κ1) is 26.6. The highest BCUT2D eigenvalue weighted by atomic mass is 32.1. The van der Waals surface area contributed by atoms with Crippen LogP contribution in [-0.2, 0) is 4.79 Å². The minimum absolute atomic E-state index is 0.0609. The summed E-state index contributed by atoms with van der Waals surface area (Å²) in [6.45, 7) is 5.63. The van der Waals surface area contributed by atoms with E-state index in [0.29, 0.717) is 35.0 Å². The molecule has 36 heavy (non-hydrogen) atoms. The number of ether oxygens (including phenoxy) is 1. The summed E-state index contributed by atoms with van der Waals surface area (Å²) >= 11 is 0.704. The number of hydrogen-bond acceptors (Lipinski definition) is 7. The van der Waals surface area contributed by atoms with Crippen molar-refractivity contribution < 1.29 is 23.5 Å². The van der Waals surface area contributed by atoms with Crippen LogP contribution in [-0.4, -0.2) is 34.7 Å². The lowest BCUT2D eigenvalue weighted by Crippen LogP contribution is -2.50. The number of carbonyl (C=O) groups is 3. The van der Waals surface area contributed by atoms with E-state index in [1.165, 1.54) is 36.3 Å². The van der Waals surface area contributed by atoms with Crippen LogP contribution in [0.2, 0.25) is 0 Å². The van der Waals surface area contributed by atoms with Gasteiger partial charge in [-0.05, 0) is 73.8 Å². The number of aromatic nitrogens is 1. The van der Waals surface area contributed by atoms with Gasteiger partial charge in [-0.2, -0.15) is 4.37 Å². The number of anilines is 2. The van der Waals surface area contributed by atoms with E-state index >= 15 is 0 Å². The quantitative estimate of drug-likeness (QED) is 0.399. The van der Waals surface area contributed by atoms with Gasteiger partial charge in [0.2, 0.25) is 5.91 Å². The van der Waals surface area contributed by atoms with E-state index in [9.17, 15) is 18.8 Å². The lowest BCUT2D eigenvalue weighted by molar-refractivity contribution is -0.124. The van der Waals surface area contributed by atoms with E-state index in [1.807, 2.05) is 20.8 Å². The summed E-state index contributed by atoms with van der Waals surface area (Å²) in [5, 5.41) is 2.97. The number of nitrogen functional groups attached to an aromatic ring is 1. The maximum Gasteiger partial charge on any atom is 0.273 e. The van der Waals surface area contributed by atoms with Gasteiger partial charge < -0.3 is 21.5 Å². The van der Waals surface area contributed by atoms with E-state index in [0.717, 1.165) is 0 Å². The number of nitrogens with one attached hydrogen (secondary N) is 1. The normalized spacial score (nSPS) is 12.0. The average molecular weight is 514 g/mol. The number of nitrogens with zero attached hydrogens (tertiary/aromatic N) is 2. The number of rotatable bonds is 9. The van der Waals surface area contributed by atoms with Crippen LogP contribution in [0, 0.1) is 5.82 Å². The average Bonchev–Trinajstić information content (AvgIpc) is 3.24.